The van der Waals surface area contributed by atoms with Crippen LogP contribution in [0.1, 0.15) is 6.92 Å². The topological polar surface area (TPSA) is 50.7 Å². The van der Waals surface area contributed by atoms with Gasteiger partial charge >= 0.3 is 0 Å². The van der Waals surface area contributed by atoms with Crippen molar-refractivity contribution in [3.63, 3.8) is 0 Å². The summed E-state index contributed by atoms with van der Waals surface area (Å²) < 4.78 is 36.6. The van der Waals surface area contributed by atoms with Gasteiger partial charge in [-0.1, -0.05) is 0 Å². The number of halogens is 2. The molecule has 0 amide bonds. The molecule has 0 radical (unpaired) electrons. The molecule has 0 aliphatic heterocycles. The van der Waals surface area contributed by atoms with Gasteiger partial charge in [-0.15, -0.1) is 0 Å². The predicted octanol–water partition coefficient (Wildman–Crippen LogP) is 3.22. The number of ether oxygens (including phenoxy) is 2. The van der Waals surface area contributed by atoms with Gasteiger partial charge in [0.1, 0.15) is 24.7 Å². The molecule has 0 aliphatic rings. The molecule has 1 atom stereocenters. The highest BCUT2D eigenvalue weighted by Crippen LogP contribution is 2.18. The van der Waals surface area contributed by atoms with Crippen molar-refractivity contribution in [2.45, 2.75) is 13.0 Å². The minimum Gasteiger partial charge on any atom is -0.491 e. The molecule has 0 aliphatic carbocycles. The zero-order valence-corrected chi connectivity index (χ0v) is 12.8. The van der Waals surface area contributed by atoms with E-state index in [9.17, 15) is 8.78 Å². The molecule has 0 spiro atoms. The van der Waals surface area contributed by atoms with Crippen LogP contribution in [0.25, 0.3) is 0 Å². The highest BCUT2D eigenvalue weighted by Gasteiger charge is 2.06. The van der Waals surface area contributed by atoms with E-state index in [4.69, 9.17) is 14.6 Å². The van der Waals surface area contributed by atoms with Crippen molar-refractivity contribution >= 4 is 5.69 Å². The molecule has 2 N–H and O–H groups in total. The third kappa shape index (κ3) is 5.41. The van der Waals surface area contributed by atoms with Gasteiger partial charge in [-0.2, -0.15) is 0 Å². The molecule has 0 saturated heterocycles. The van der Waals surface area contributed by atoms with Crippen LogP contribution >= 0.6 is 0 Å². The average molecular weight is 323 g/mol. The second-order valence-electron chi connectivity index (χ2n) is 5.03. The van der Waals surface area contributed by atoms with Crippen LogP contribution in [-0.2, 0) is 0 Å². The molecular weight excluding hydrogens is 304 g/mol. The molecule has 2 aromatic carbocycles. The number of nitrogens with one attached hydrogen (secondary N) is 1. The number of aliphatic hydroxyl groups is 1. The van der Waals surface area contributed by atoms with Crippen LogP contribution in [0.2, 0.25) is 0 Å². The lowest BCUT2D eigenvalue weighted by atomic mass is 10.2. The van der Waals surface area contributed by atoms with Gasteiger partial charge in [0.2, 0.25) is 0 Å². The van der Waals surface area contributed by atoms with Gasteiger partial charge in [0, 0.05) is 11.8 Å². The van der Waals surface area contributed by atoms with E-state index in [2.05, 4.69) is 5.32 Å². The number of hydrogen-bond acceptors (Lipinski definition) is 4. The van der Waals surface area contributed by atoms with E-state index in [1.807, 2.05) is 19.1 Å². The molecule has 1 unspecified atom stereocenters. The van der Waals surface area contributed by atoms with E-state index in [0.29, 0.717) is 12.4 Å². The van der Waals surface area contributed by atoms with Crippen LogP contribution in [0, 0.1) is 11.6 Å². The lowest BCUT2D eigenvalue weighted by Gasteiger charge is -2.16. The maximum Gasteiger partial charge on any atom is 0.162 e. The van der Waals surface area contributed by atoms with Crippen LogP contribution in [0.3, 0.4) is 0 Å². The first-order valence-electron chi connectivity index (χ1n) is 7.26. The Balaban J connectivity index is 1.81. The number of anilines is 1. The van der Waals surface area contributed by atoms with Crippen molar-refractivity contribution in [1.82, 2.24) is 0 Å². The summed E-state index contributed by atoms with van der Waals surface area (Å²) in [5.74, 6) is -0.866. The summed E-state index contributed by atoms with van der Waals surface area (Å²) in [5.41, 5.74) is 0.878. The molecule has 0 fully saturated rings. The van der Waals surface area contributed by atoms with Crippen molar-refractivity contribution in [3.8, 4) is 11.5 Å². The highest BCUT2D eigenvalue weighted by atomic mass is 19.2. The largest absolute Gasteiger partial charge is 0.491 e. The lowest BCUT2D eigenvalue weighted by molar-refractivity contribution is 0.201. The minimum absolute atomic E-state index is 0.0294. The zero-order valence-electron chi connectivity index (χ0n) is 12.8. The van der Waals surface area contributed by atoms with Gasteiger partial charge in [-0.3, -0.25) is 0 Å². The van der Waals surface area contributed by atoms with E-state index >= 15 is 0 Å². The molecule has 0 saturated carbocycles. The number of rotatable bonds is 8. The molecule has 2 rings (SSSR count). The average Bonchev–Trinajstić information content (AvgIpc) is 2.55. The molecule has 4 nitrogen and oxygen atoms in total. The maximum atomic E-state index is 13.1. The summed E-state index contributed by atoms with van der Waals surface area (Å²) in [7, 11) is 0. The molecule has 0 aromatic heterocycles. The first-order valence-corrected chi connectivity index (χ1v) is 7.26. The quantitative estimate of drug-likeness (QED) is 0.783. The van der Waals surface area contributed by atoms with Crippen LogP contribution in [0.4, 0.5) is 14.5 Å². The van der Waals surface area contributed by atoms with Crippen molar-refractivity contribution in [1.29, 1.82) is 0 Å². The summed E-state index contributed by atoms with van der Waals surface area (Å²) in [6, 6.07) is 10.7. The van der Waals surface area contributed by atoms with E-state index in [1.54, 1.807) is 12.1 Å². The molecule has 23 heavy (non-hydrogen) atoms. The van der Waals surface area contributed by atoms with Crippen molar-refractivity contribution in [2.75, 3.05) is 25.1 Å². The van der Waals surface area contributed by atoms with E-state index in [1.165, 1.54) is 6.07 Å². The summed E-state index contributed by atoms with van der Waals surface area (Å²) >= 11 is 0. The number of aliphatic hydroxyl groups excluding tert-OH is 1. The van der Waals surface area contributed by atoms with Gasteiger partial charge in [0.05, 0.1) is 12.6 Å². The molecule has 124 valence electrons. The maximum absolute atomic E-state index is 13.1. The van der Waals surface area contributed by atoms with E-state index < -0.39 is 11.6 Å². The standard InChI is InChI=1S/C17H19F2NO3/c1-12(11-23-15-6-7-16(18)17(19)10-15)20-13-2-4-14(5-3-13)22-9-8-21/h2-7,10,12,20-21H,8-9,11H2,1H3. The highest BCUT2D eigenvalue weighted by molar-refractivity contribution is 5.47. The Kier molecular flexibility index (Phi) is 6.17. The second kappa shape index (κ2) is 8.33. The molecule has 6 heteroatoms. The Morgan fingerprint density at radius 2 is 1.70 bits per heavy atom. The Labute approximate surface area is 133 Å². The predicted molar refractivity (Wildman–Crippen MR) is 84.0 cm³/mol. The Bertz CT molecular complexity index is 620. The van der Waals surface area contributed by atoms with Gasteiger partial charge in [0.15, 0.2) is 11.6 Å². The third-order valence-corrected chi connectivity index (χ3v) is 3.02. The number of benzene rings is 2. The summed E-state index contributed by atoms with van der Waals surface area (Å²) in [4.78, 5) is 0. The zero-order chi connectivity index (χ0) is 16.7. The first-order chi connectivity index (χ1) is 11.1. The van der Waals surface area contributed by atoms with Crippen LogP contribution < -0.4 is 14.8 Å². The van der Waals surface area contributed by atoms with Crippen molar-refractivity contribution in [2.24, 2.45) is 0 Å². The first kappa shape index (κ1) is 17.0. The van der Waals surface area contributed by atoms with Crippen LogP contribution in [0.15, 0.2) is 42.5 Å². The smallest absolute Gasteiger partial charge is 0.162 e. The SMILES string of the molecule is CC(COc1ccc(F)c(F)c1)Nc1ccc(OCCO)cc1. The number of hydrogen-bond donors (Lipinski definition) is 2. The molecule has 0 heterocycles. The summed E-state index contributed by atoms with van der Waals surface area (Å²) in [6.07, 6.45) is 0. The van der Waals surface area contributed by atoms with E-state index in [-0.39, 0.29) is 25.0 Å². The fraction of sp³-hybridized carbons (Fsp3) is 0.294. The molecule has 0 bridgehead atoms. The van der Waals surface area contributed by atoms with Gasteiger partial charge < -0.3 is 19.9 Å². The van der Waals surface area contributed by atoms with E-state index in [0.717, 1.165) is 17.8 Å². The Morgan fingerprint density at radius 1 is 1.00 bits per heavy atom. The molecular formula is C17H19F2NO3. The second-order valence-corrected chi connectivity index (χ2v) is 5.03. The fourth-order valence-corrected chi connectivity index (χ4v) is 1.92. The third-order valence-electron chi connectivity index (χ3n) is 3.02. The molecule has 2 aromatic rings. The van der Waals surface area contributed by atoms with Crippen molar-refractivity contribution < 1.29 is 23.4 Å². The van der Waals surface area contributed by atoms with Gasteiger partial charge in [-0.05, 0) is 43.3 Å². The van der Waals surface area contributed by atoms with Gasteiger partial charge in [0.25, 0.3) is 0 Å². The Morgan fingerprint density at radius 3 is 2.35 bits per heavy atom. The van der Waals surface area contributed by atoms with Crippen molar-refractivity contribution in [3.05, 3.63) is 54.1 Å². The fourth-order valence-electron chi connectivity index (χ4n) is 1.92. The van der Waals surface area contributed by atoms with Gasteiger partial charge in [-0.25, -0.2) is 8.78 Å². The monoisotopic (exact) mass is 323 g/mol. The minimum atomic E-state index is -0.929. The normalized spacial score (nSPS) is 11.8. The van der Waals surface area contributed by atoms with Crippen LogP contribution in [-0.4, -0.2) is 31.0 Å². The lowest BCUT2D eigenvalue weighted by Crippen LogP contribution is -2.23. The Hall–Kier alpha value is -2.34. The summed E-state index contributed by atoms with van der Waals surface area (Å²) in [5, 5.41) is 11.9. The van der Waals surface area contributed by atoms with Crippen LogP contribution in [0.5, 0.6) is 11.5 Å². The summed E-state index contributed by atoms with van der Waals surface area (Å²) in [6.45, 7) is 2.44.